The molecule has 0 saturated carbocycles. The maximum Gasteiger partial charge on any atom is 0.255 e. The molecule has 0 bridgehead atoms. The number of carbonyl (C=O) groups excluding carboxylic acids is 1. The Balaban J connectivity index is 1.61. The van der Waals surface area contributed by atoms with Crippen molar-refractivity contribution in [3.05, 3.63) is 54.1 Å². The normalized spacial score (nSPS) is 16.7. The topological polar surface area (TPSA) is 93.7 Å². The highest BCUT2D eigenvalue weighted by Crippen LogP contribution is 2.19. The summed E-state index contributed by atoms with van der Waals surface area (Å²) in [4.78, 5) is 12.7. The maximum absolute atomic E-state index is 12.5. The van der Waals surface area contributed by atoms with Gasteiger partial charge in [0.1, 0.15) is 12.4 Å². The first-order valence-corrected chi connectivity index (χ1v) is 11.1. The summed E-state index contributed by atoms with van der Waals surface area (Å²) >= 11 is 0. The summed E-state index contributed by atoms with van der Waals surface area (Å²) in [7, 11) is -3.57. The molecule has 0 aliphatic carbocycles. The van der Waals surface area contributed by atoms with Crippen molar-refractivity contribution in [1.29, 1.82) is 0 Å². The van der Waals surface area contributed by atoms with Gasteiger partial charge in [-0.05, 0) is 69.2 Å². The average molecular weight is 419 g/mol. The highest BCUT2D eigenvalue weighted by atomic mass is 32.2. The molecule has 8 heteroatoms. The summed E-state index contributed by atoms with van der Waals surface area (Å²) in [6, 6.07) is 12.8. The van der Waals surface area contributed by atoms with Crippen molar-refractivity contribution in [2.45, 2.75) is 43.7 Å². The van der Waals surface area contributed by atoms with E-state index < -0.39 is 10.0 Å². The van der Waals surface area contributed by atoms with Crippen LogP contribution in [0.5, 0.6) is 5.75 Å². The Labute approximate surface area is 171 Å². The first kappa shape index (κ1) is 21.3. The summed E-state index contributed by atoms with van der Waals surface area (Å²) in [6.07, 6.45) is 2.13. The fourth-order valence-electron chi connectivity index (χ4n) is 2.99. The molecule has 1 unspecified atom stereocenters. The minimum atomic E-state index is -3.57. The zero-order chi connectivity index (χ0) is 20.9. The molecular formula is C21H26N2O5S. The molecule has 1 saturated heterocycles. The molecule has 7 nitrogen and oxygen atoms in total. The minimum Gasteiger partial charge on any atom is -0.491 e. The molecule has 1 amide bonds. The van der Waals surface area contributed by atoms with Crippen molar-refractivity contribution in [3.8, 4) is 5.75 Å². The molecule has 1 aliphatic heterocycles. The van der Waals surface area contributed by atoms with E-state index in [9.17, 15) is 13.2 Å². The molecule has 1 fully saturated rings. The fourth-order valence-corrected chi connectivity index (χ4v) is 4.24. The highest BCUT2D eigenvalue weighted by Gasteiger charge is 2.17. The van der Waals surface area contributed by atoms with Gasteiger partial charge in [-0.2, -0.15) is 0 Å². The van der Waals surface area contributed by atoms with E-state index >= 15 is 0 Å². The van der Waals surface area contributed by atoms with E-state index in [1.54, 1.807) is 50.2 Å². The number of hydrogen-bond donors (Lipinski definition) is 2. The van der Waals surface area contributed by atoms with Crippen LogP contribution in [-0.4, -0.2) is 39.7 Å². The Kier molecular flexibility index (Phi) is 6.89. The fraction of sp³-hybridized carbons (Fsp3) is 0.381. The van der Waals surface area contributed by atoms with Crippen LogP contribution in [0.1, 0.15) is 37.0 Å². The molecule has 2 aromatic rings. The van der Waals surface area contributed by atoms with Crippen LogP contribution in [0, 0.1) is 0 Å². The summed E-state index contributed by atoms with van der Waals surface area (Å²) in [5.74, 6) is 0.304. The third-order valence-electron chi connectivity index (χ3n) is 4.37. The van der Waals surface area contributed by atoms with Crippen molar-refractivity contribution in [2.75, 3.05) is 18.5 Å². The SMILES string of the molecule is CC(C)NS(=O)(=O)c1ccc(NC(=O)c2cccc(OCC3CCCO3)c2)cc1. The number of ether oxygens (including phenoxy) is 2. The first-order chi connectivity index (χ1) is 13.8. The summed E-state index contributed by atoms with van der Waals surface area (Å²) in [6.45, 7) is 4.74. The van der Waals surface area contributed by atoms with Crippen LogP contribution < -0.4 is 14.8 Å². The van der Waals surface area contributed by atoms with E-state index in [1.165, 1.54) is 12.1 Å². The van der Waals surface area contributed by atoms with Crippen molar-refractivity contribution in [2.24, 2.45) is 0 Å². The Morgan fingerprint density at radius 1 is 1.21 bits per heavy atom. The van der Waals surface area contributed by atoms with E-state index in [4.69, 9.17) is 9.47 Å². The zero-order valence-electron chi connectivity index (χ0n) is 16.6. The molecule has 29 heavy (non-hydrogen) atoms. The highest BCUT2D eigenvalue weighted by molar-refractivity contribution is 7.89. The largest absolute Gasteiger partial charge is 0.491 e. The van der Waals surface area contributed by atoms with Crippen molar-refractivity contribution < 1.29 is 22.7 Å². The predicted molar refractivity (Wildman–Crippen MR) is 111 cm³/mol. The maximum atomic E-state index is 12.5. The van der Waals surface area contributed by atoms with Gasteiger partial charge in [-0.3, -0.25) is 4.79 Å². The number of hydrogen-bond acceptors (Lipinski definition) is 5. The van der Waals surface area contributed by atoms with Gasteiger partial charge in [0.25, 0.3) is 5.91 Å². The lowest BCUT2D eigenvalue weighted by atomic mass is 10.2. The third kappa shape index (κ3) is 6.03. The van der Waals surface area contributed by atoms with Crippen molar-refractivity contribution in [1.82, 2.24) is 4.72 Å². The molecule has 3 rings (SSSR count). The molecule has 0 radical (unpaired) electrons. The van der Waals surface area contributed by atoms with Crippen LogP contribution >= 0.6 is 0 Å². The number of anilines is 1. The second kappa shape index (κ2) is 9.39. The van der Waals surface area contributed by atoms with Crippen LogP contribution in [0.4, 0.5) is 5.69 Å². The Bertz CT molecular complexity index is 936. The van der Waals surface area contributed by atoms with Crippen LogP contribution in [0.3, 0.4) is 0 Å². The number of amides is 1. The van der Waals surface area contributed by atoms with Gasteiger partial charge in [0.05, 0.1) is 11.0 Å². The number of benzene rings is 2. The minimum absolute atomic E-state index is 0.104. The number of nitrogens with one attached hydrogen (secondary N) is 2. The summed E-state index contributed by atoms with van der Waals surface area (Å²) < 4.78 is 38.1. The third-order valence-corrected chi connectivity index (χ3v) is 6.04. The van der Waals surface area contributed by atoms with Gasteiger partial charge in [0.2, 0.25) is 10.0 Å². The predicted octanol–water partition coefficient (Wildman–Crippen LogP) is 3.18. The lowest BCUT2D eigenvalue weighted by molar-refractivity contribution is 0.0679. The van der Waals surface area contributed by atoms with Gasteiger partial charge in [0.15, 0.2) is 0 Å². The smallest absolute Gasteiger partial charge is 0.255 e. The first-order valence-electron chi connectivity index (χ1n) is 9.62. The van der Waals surface area contributed by atoms with E-state index in [-0.39, 0.29) is 22.9 Å². The number of carbonyl (C=O) groups is 1. The Morgan fingerprint density at radius 2 is 1.97 bits per heavy atom. The second-order valence-corrected chi connectivity index (χ2v) is 8.94. The average Bonchev–Trinajstić information content (AvgIpc) is 3.20. The lowest BCUT2D eigenvalue weighted by Crippen LogP contribution is -2.30. The van der Waals surface area contributed by atoms with E-state index in [0.29, 0.717) is 23.6 Å². The number of sulfonamides is 1. The zero-order valence-corrected chi connectivity index (χ0v) is 17.4. The summed E-state index contributed by atoms with van der Waals surface area (Å²) in [5.41, 5.74) is 0.956. The van der Waals surface area contributed by atoms with E-state index in [1.807, 2.05) is 0 Å². The van der Waals surface area contributed by atoms with Crippen molar-refractivity contribution >= 4 is 21.6 Å². The molecule has 0 aromatic heterocycles. The molecule has 156 valence electrons. The van der Waals surface area contributed by atoms with Gasteiger partial charge >= 0.3 is 0 Å². The number of rotatable bonds is 8. The van der Waals surface area contributed by atoms with Crippen LogP contribution in [0.25, 0.3) is 0 Å². The quantitative estimate of drug-likeness (QED) is 0.687. The molecule has 2 N–H and O–H groups in total. The van der Waals surface area contributed by atoms with Crippen molar-refractivity contribution in [3.63, 3.8) is 0 Å². The molecular weight excluding hydrogens is 392 g/mol. The molecule has 1 atom stereocenters. The van der Waals surface area contributed by atoms with Gasteiger partial charge in [0, 0.05) is 23.9 Å². The monoisotopic (exact) mass is 418 g/mol. The van der Waals surface area contributed by atoms with Crippen LogP contribution in [0.2, 0.25) is 0 Å². The molecule has 1 aliphatic rings. The summed E-state index contributed by atoms with van der Waals surface area (Å²) in [5, 5.41) is 2.77. The van der Waals surface area contributed by atoms with Crippen LogP contribution in [0.15, 0.2) is 53.4 Å². The van der Waals surface area contributed by atoms with E-state index in [2.05, 4.69) is 10.0 Å². The van der Waals surface area contributed by atoms with Gasteiger partial charge in [-0.25, -0.2) is 13.1 Å². The van der Waals surface area contributed by atoms with Gasteiger partial charge < -0.3 is 14.8 Å². The van der Waals surface area contributed by atoms with Gasteiger partial charge in [-0.15, -0.1) is 0 Å². The Morgan fingerprint density at radius 3 is 2.62 bits per heavy atom. The molecule has 2 aromatic carbocycles. The van der Waals surface area contributed by atoms with Gasteiger partial charge in [-0.1, -0.05) is 6.07 Å². The van der Waals surface area contributed by atoms with E-state index in [0.717, 1.165) is 19.4 Å². The Hall–Kier alpha value is -2.42. The molecule has 1 heterocycles. The lowest BCUT2D eigenvalue weighted by Gasteiger charge is -2.12. The van der Waals surface area contributed by atoms with Crippen LogP contribution in [-0.2, 0) is 14.8 Å². The molecule has 0 spiro atoms. The standard InChI is InChI=1S/C21H26N2O5S/c1-15(2)23-29(25,26)20-10-8-17(9-11-20)22-21(24)16-5-3-6-18(13-16)28-14-19-7-4-12-27-19/h3,5-6,8-11,13,15,19,23H,4,7,12,14H2,1-2H3,(H,22,24). The second-order valence-electron chi connectivity index (χ2n) is 7.23.